The van der Waals surface area contributed by atoms with Crippen LogP contribution in [-0.2, 0) is 25.7 Å². The lowest BCUT2D eigenvalue weighted by atomic mass is 9.55. The van der Waals surface area contributed by atoms with Crippen LogP contribution >= 0.6 is 0 Å². The number of aliphatic hydroxyl groups excluding tert-OH is 3. The summed E-state index contributed by atoms with van der Waals surface area (Å²) in [5, 5.41) is 45.9. The summed E-state index contributed by atoms with van der Waals surface area (Å²) >= 11 is 0. The molecule has 0 saturated heterocycles. The van der Waals surface area contributed by atoms with Crippen LogP contribution in [0.4, 0.5) is 5.69 Å². The van der Waals surface area contributed by atoms with Gasteiger partial charge in [0.1, 0.15) is 30.8 Å². The second kappa shape index (κ2) is 28.7. The highest BCUT2D eigenvalue weighted by molar-refractivity contribution is 6.03. The Hall–Kier alpha value is -4.60. The molecule has 0 bridgehead atoms. The van der Waals surface area contributed by atoms with E-state index in [0.29, 0.717) is 48.6 Å². The van der Waals surface area contributed by atoms with Crippen molar-refractivity contribution >= 4 is 17.3 Å². The molecule has 2 aromatic carbocycles. The van der Waals surface area contributed by atoms with Crippen LogP contribution in [-0.4, -0.2) is 101 Å². The van der Waals surface area contributed by atoms with Crippen LogP contribution < -0.4 is 9.47 Å². The SMILES string of the molecule is C=CCOc1ccc2c(c1)[C@H]1[C@H](CCCCO)[C@@H](CCCCO)C=C3C(=NOCc4ccc([N+](=O)[O-])cc4)C[C@H](N(CCOCCO)C(=O)CCCCCCCCCCC)[C@@](OCC=C)(O2)[C@H]31. The van der Waals surface area contributed by atoms with E-state index >= 15 is 0 Å². The largest absolute Gasteiger partial charge is 0.490 e. The van der Waals surface area contributed by atoms with Crippen LogP contribution in [0.25, 0.3) is 0 Å². The number of allylic oxidation sites excluding steroid dienone is 1. The number of carbonyl (C=O) groups is 1. The van der Waals surface area contributed by atoms with Gasteiger partial charge in [-0.25, -0.2) is 0 Å². The second-order valence-electron chi connectivity index (χ2n) is 18.1. The molecule has 14 nitrogen and oxygen atoms in total. The zero-order chi connectivity index (χ0) is 47.9. The Balaban J connectivity index is 1.66. The number of hydrogen-bond donors (Lipinski definition) is 3. The maximum atomic E-state index is 14.9. The zero-order valence-corrected chi connectivity index (χ0v) is 39.9. The molecule has 1 aliphatic heterocycles. The second-order valence-corrected chi connectivity index (χ2v) is 18.1. The number of nitro benzene ring substituents is 1. The molecular weight excluding hydrogens is 855 g/mol. The smallest absolute Gasteiger partial charge is 0.269 e. The van der Waals surface area contributed by atoms with E-state index in [9.17, 15) is 30.2 Å². The molecule has 67 heavy (non-hydrogen) atoms. The van der Waals surface area contributed by atoms with Gasteiger partial charge in [0.2, 0.25) is 11.7 Å². The molecular formula is C53H77N3O11. The molecule has 6 atom stereocenters. The van der Waals surface area contributed by atoms with Crippen molar-refractivity contribution in [2.45, 2.75) is 140 Å². The Morgan fingerprint density at radius 2 is 1.60 bits per heavy atom. The number of carbonyl (C=O) groups excluding carboxylic acids is 1. The Labute approximate surface area is 398 Å². The van der Waals surface area contributed by atoms with E-state index in [1.807, 2.05) is 17.0 Å². The molecule has 5 rings (SSSR count). The highest BCUT2D eigenvalue weighted by atomic mass is 16.7. The Bertz CT molecular complexity index is 1900. The summed E-state index contributed by atoms with van der Waals surface area (Å²) in [6.07, 6.45) is 20.7. The Morgan fingerprint density at radius 3 is 2.27 bits per heavy atom. The minimum Gasteiger partial charge on any atom is -0.490 e. The summed E-state index contributed by atoms with van der Waals surface area (Å²) in [6, 6.07) is 11.3. The van der Waals surface area contributed by atoms with E-state index in [1.165, 1.54) is 44.2 Å². The van der Waals surface area contributed by atoms with Crippen LogP contribution in [0.15, 0.2) is 84.6 Å². The fourth-order valence-corrected chi connectivity index (χ4v) is 10.3. The Morgan fingerprint density at radius 1 is 0.896 bits per heavy atom. The third kappa shape index (κ3) is 14.7. The van der Waals surface area contributed by atoms with Crippen molar-refractivity contribution in [3.63, 3.8) is 0 Å². The summed E-state index contributed by atoms with van der Waals surface area (Å²) in [5.41, 5.74) is 3.16. The summed E-state index contributed by atoms with van der Waals surface area (Å²) in [7, 11) is 0. The van der Waals surface area contributed by atoms with Crippen LogP contribution in [0.5, 0.6) is 11.5 Å². The van der Waals surface area contributed by atoms with Gasteiger partial charge >= 0.3 is 0 Å². The number of fused-ring (bicyclic) bond motifs is 2. The van der Waals surface area contributed by atoms with Crippen LogP contribution in [0, 0.1) is 27.9 Å². The third-order valence-corrected chi connectivity index (χ3v) is 13.5. The molecule has 0 spiro atoms. The lowest BCUT2D eigenvalue weighted by molar-refractivity contribution is -0.384. The van der Waals surface area contributed by atoms with Gasteiger partial charge in [-0.3, -0.25) is 14.9 Å². The van der Waals surface area contributed by atoms with Gasteiger partial charge in [0, 0.05) is 56.2 Å². The molecule has 1 saturated carbocycles. The number of unbranched alkanes of at least 4 members (excludes halogenated alkanes) is 10. The van der Waals surface area contributed by atoms with E-state index in [1.54, 1.807) is 24.3 Å². The van der Waals surface area contributed by atoms with Crippen molar-refractivity contribution in [1.29, 1.82) is 0 Å². The number of nitrogens with zero attached hydrogens (tertiary/aromatic N) is 3. The molecule has 1 amide bonds. The van der Waals surface area contributed by atoms with Gasteiger partial charge in [0.15, 0.2) is 0 Å². The monoisotopic (exact) mass is 932 g/mol. The minimum atomic E-state index is -1.44. The number of benzene rings is 2. The lowest BCUT2D eigenvalue weighted by Crippen LogP contribution is -2.70. The average molecular weight is 932 g/mol. The van der Waals surface area contributed by atoms with E-state index in [-0.39, 0.29) is 88.6 Å². The van der Waals surface area contributed by atoms with Gasteiger partial charge in [-0.05, 0) is 85.4 Å². The van der Waals surface area contributed by atoms with E-state index < -0.39 is 22.7 Å². The summed E-state index contributed by atoms with van der Waals surface area (Å²) < 4.78 is 26.5. The first-order valence-electron chi connectivity index (χ1n) is 24.9. The van der Waals surface area contributed by atoms with Gasteiger partial charge in [0.05, 0.1) is 43.0 Å². The number of amides is 1. The van der Waals surface area contributed by atoms with Crippen molar-refractivity contribution in [1.82, 2.24) is 4.90 Å². The van der Waals surface area contributed by atoms with Crippen LogP contribution in [0.1, 0.15) is 133 Å². The van der Waals surface area contributed by atoms with Crippen molar-refractivity contribution in [3.8, 4) is 11.5 Å². The highest BCUT2D eigenvalue weighted by Gasteiger charge is 2.65. The molecule has 1 fully saturated rings. The van der Waals surface area contributed by atoms with Gasteiger partial charge in [0.25, 0.3) is 5.69 Å². The molecule has 14 heteroatoms. The first-order chi connectivity index (χ1) is 32.8. The molecule has 0 radical (unpaired) electrons. The van der Waals surface area contributed by atoms with Crippen LogP contribution in [0.3, 0.4) is 0 Å². The molecule has 370 valence electrons. The molecule has 0 aromatic heterocycles. The van der Waals surface area contributed by atoms with Crippen LogP contribution in [0.2, 0.25) is 0 Å². The van der Waals surface area contributed by atoms with E-state index in [0.717, 1.165) is 62.5 Å². The predicted molar refractivity (Wildman–Crippen MR) is 260 cm³/mol. The van der Waals surface area contributed by atoms with Crippen molar-refractivity contribution in [2.75, 3.05) is 52.8 Å². The number of aliphatic hydroxyl groups is 3. The summed E-state index contributed by atoms with van der Waals surface area (Å²) in [6.45, 7) is 11.1. The number of rotatable bonds is 34. The quantitative estimate of drug-likeness (QED) is 0.0263. The van der Waals surface area contributed by atoms with Gasteiger partial charge < -0.3 is 44.0 Å². The first kappa shape index (κ1) is 53.4. The number of nitro groups is 1. The minimum absolute atomic E-state index is 0.0222. The van der Waals surface area contributed by atoms with Crippen molar-refractivity contribution in [3.05, 3.63) is 101 Å². The van der Waals surface area contributed by atoms with E-state index in [4.69, 9.17) is 28.9 Å². The standard InChI is InChI=1S/C53H77N3O11/c1-4-7-8-9-10-11-12-13-14-21-50(60)55(28-34-63-35-31-59)49-38-47(54-66-39-40-22-24-42(25-23-40)56(61)62)45-36-41(19-15-17-29-57)44(20-16-18-30-58)51-46-37-43(64-32-5-2)26-27-48(46)67-53(49,52(45)51)65-33-6-3/h5-6,22-27,36-37,41,44,49,51-52,57-59H,2-4,7-21,28-35,38-39H2,1H3/t41-,44+,49-,51+,52+,53+/m0/s1. The first-order valence-corrected chi connectivity index (χ1v) is 24.9. The van der Waals surface area contributed by atoms with Crippen molar-refractivity contribution in [2.24, 2.45) is 22.9 Å². The average Bonchev–Trinajstić information content (AvgIpc) is 3.33. The maximum Gasteiger partial charge on any atom is 0.269 e. The number of non-ortho nitro benzene ring substituents is 1. The third-order valence-electron chi connectivity index (χ3n) is 13.5. The normalized spacial score (nSPS) is 22.2. The number of ether oxygens (including phenoxy) is 4. The highest BCUT2D eigenvalue weighted by Crippen LogP contribution is 2.62. The van der Waals surface area contributed by atoms with Crippen molar-refractivity contribution < 1.29 is 48.8 Å². The van der Waals surface area contributed by atoms with Gasteiger partial charge in [-0.2, -0.15) is 0 Å². The molecule has 3 aliphatic rings. The summed E-state index contributed by atoms with van der Waals surface area (Å²) in [4.78, 5) is 33.9. The molecule has 0 unspecified atom stereocenters. The number of hydrogen-bond acceptors (Lipinski definition) is 12. The fraction of sp³-hybridized carbons (Fsp3) is 0.623. The summed E-state index contributed by atoms with van der Waals surface area (Å²) in [5.74, 6) is -0.882. The fourth-order valence-electron chi connectivity index (χ4n) is 10.3. The molecule has 1 heterocycles. The molecule has 2 aliphatic carbocycles. The van der Waals surface area contributed by atoms with Gasteiger partial charge in [-0.1, -0.05) is 101 Å². The topological polar surface area (TPSA) is 183 Å². The zero-order valence-electron chi connectivity index (χ0n) is 39.9. The van der Waals surface area contributed by atoms with E-state index in [2.05, 4.69) is 32.2 Å². The molecule has 3 N–H and O–H groups in total. The Kier molecular flexibility index (Phi) is 22.8. The molecule has 2 aromatic rings. The predicted octanol–water partition coefficient (Wildman–Crippen LogP) is 9.75. The number of oxime groups is 1. The van der Waals surface area contributed by atoms with Gasteiger partial charge in [-0.15, -0.1) is 6.58 Å². The lowest BCUT2D eigenvalue weighted by Gasteiger charge is -2.60. The maximum absolute atomic E-state index is 14.9.